The van der Waals surface area contributed by atoms with Gasteiger partial charge in [-0.2, -0.15) is 0 Å². The van der Waals surface area contributed by atoms with Gasteiger partial charge in [-0.05, 0) is 59.3 Å². The maximum atomic E-state index is 13.9. The Morgan fingerprint density at radius 2 is 1.90 bits per heavy atom. The van der Waals surface area contributed by atoms with Gasteiger partial charge >= 0.3 is 0 Å². The fourth-order valence-corrected chi connectivity index (χ4v) is 2.74. The summed E-state index contributed by atoms with van der Waals surface area (Å²) in [6, 6.07) is 3.07. The highest BCUT2D eigenvalue weighted by molar-refractivity contribution is 9.10. The molecule has 1 unspecified atom stereocenters. The quantitative estimate of drug-likeness (QED) is 0.708. The van der Waals surface area contributed by atoms with Crippen molar-refractivity contribution >= 4 is 15.9 Å². The zero-order valence-electron chi connectivity index (χ0n) is 12.7. The summed E-state index contributed by atoms with van der Waals surface area (Å²) in [6.07, 6.45) is 2.09. The van der Waals surface area contributed by atoms with E-state index in [0.29, 0.717) is 16.9 Å². The monoisotopic (exact) mass is 347 g/mol. The summed E-state index contributed by atoms with van der Waals surface area (Å²) >= 11 is 3.10. The summed E-state index contributed by atoms with van der Waals surface area (Å²) in [4.78, 5) is 0. The Bertz CT molecular complexity index is 441. The van der Waals surface area contributed by atoms with E-state index in [0.717, 1.165) is 19.4 Å². The van der Waals surface area contributed by atoms with Gasteiger partial charge < -0.3 is 5.32 Å². The van der Waals surface area contributed by atoms with Gasteiger partial charge in [-0.15, -0.1) is 0 Å². The third-order valence-corrected chi connectivity index (χ3v) is 4.17. The fraction of sp³-hybridized carbons (Fsp3) is 0.625. The first-order valence-corrected chi connectivity index (χ1v) is 7.92. The number of halogens is 3. The van der Waals surface area contributed by atoms with Gasteiger partial charge in [-0.1, -0.05) is 27.7 Å². The van der Waals surface area contributed by atoms with E-state index in [1.807, 2.05) is 0 Å². The van der Waals surface area contributed by atoms with Crippen LogP contribution in [0.1, 0.15) is 46.1 Å². The first kappa shape index (κ1) is 17.6. The van der Waals surface area contributed by atoms with Gasteiger partial charge in [-0.3, -0.25) is 0 Å². The number of benzene rings is 1. The summed E-state index contributed by atoms with van der Waals surface area (Å²) in [5.74, 6) is -0.929. The minimum absolute atomic E-state index is 0.143. The smallest absolute Gasteiger partial charge is 0.143 e. The van der Waals surface area contributed by atoms with Crippen molar-refractivity contribution in [1.82, 2.24) is 5.32 Å². The van der Waals surface area contributed by atoms with E-state index in [4.69, 9.17) is 0 Å². The normalized spacial score (nSPS) is 13.6. The van der Waals surface area contributed by atoms with E-state index in [1.165, 1.54) is 12.1 Å². The molecular formula is C16H24BrF2N. The number of nitrogens with one attached hydrogen (secondary N) is 1. The summed E-state index contributed by atoms with van der Waals surface area (Å²) in [7, 11) is 0. The van der Waals surface area contributed by atoms with Crippen LogP contribution in [0.2, 0.25) is 0 Å². The highest BCUT2D eigenvalue weighted by Gasteiger charge is 2.23. The number of hydrogen-bond donors (Lipinski definition) is 1. The van der Waals surface area contributed by atoms with Crippen LogP contribution >= 0.6 is 15.9 Å². The average Bonchev–Trinajstić information content (AvgIpc) is 2.35. The molecule has 0 aliphatic rings. The van der Waals surface area contributed by atoms with Gasteiger partial charge in [-0.25, -0.2) is 8.78 Å². The molecule has 1 aromatic carbocycles. The molecule has 0 saturated carbocycles. The first-order chi connectivity index (χ1) is 9.27. The topological polar surface area (TPSA) is 12.0 Å². The summed E-state index contributed by atoms with van der Waals surface area (Å²) < 4.78 is 27.9. The standard InChI is InChI=1S/C16H24BrF2N/c1-5-20-14(16(2,3)4)8-6-7-11-13(18)10-9-12(17)15(11)19/h9-10,14,20H,5-8H2,1-4H3. The number of rotatable bonds is 6. The Kier molecular flexibility index (Phi) is 6.59. The van der Waals surface area contributed by atoms with Crippen molar-refractivity contribution in [2.45, 2.75) is 53.0 Å². The van der Waals surface area contributed by atoms with Gasteiger partial charge in [0.05, 0.1) is 4.47 Å². The van der Waals surface area contributed by atoms with Gasteiger partial charge in [0.1, 0.15) is 11.6 Å². The zero-order valence-corrected chi connectivity index (χ0v) is 14.3. The van der Waals surface area contributed by atoms with Gasteiger partial charge in [0.2, 0.25) is 0 Å². The lowest BCUT2D eigenvalue weighted by molar-refractivity contribution is 0.254. The van der Waals surface area contributed by atoms with Gasteiger partial charge in [0.15, 0.2) is 0 Å². The molecule has 0 spiro atoms. The van der Waals surface area contributed by atoms with Gasteiger partial charge in [0.25, 0.3) is 0 Å². The predicted molar refractivity (Wildman–Crippen MR) is 83.9 cm³/mol. The Hall–Kier alpha value is -0.480. The van der Waals surface area contributed by atoms with Crippen LogP contribution in [0.3, 0.4) is 0 Å². The molecule has 1 atom stereocenters. The molecule has 114 valence electrons. The van der Waals surface area contributed by atoms with Crippen molar-refractivity contribution in [3.63, 3.8) is 0 Å². The molecule has 20 heavy (non-hydrogen) atoms. The van der Waals surface area contributed by atoms with Crippen LogP contribution in [0.25, 0.3) is 0 Å². The molecule has 0 bridgehead atoms. The van der Waals surface area contributed by atoms with Crippen LogP contribution in [-0.2, 0) is 6.42 Å². The predicted octanol–water partition coefficient (Wildman–Crippen LogP) is 5.07. The molecule has 1 rings (SSSR count). The lowest BCUT2D eigenvalue weighted by Gasteiger charge is -2.31. The van der Waals surface area contributed by atoms with Crippen LogP contribution < -0.4 is 5.32 Å². The highest BCUT2D eigenvalue weighted by atomic mass is 79.9. The van der Waals surface area contributed by atoms with Crippen molar-refractivity contribution in [1.29, 1.82) is 0 Å². The minimum Gasteiger partial charge on any atom is -0.314 e. The van der Waals surface area contributed by atoms with Crippen LogP contribution in [0.5, 0.6) is 0 Å². The first-order valence-electron chi connectivity index (χ1n) is 7.13. The summed E-state index contributed by atoms with van der Waals surface area (Å²) in [5.41, 5.74) is 0.327. The second-order valence-corrected chi connectivity index (χ2v) is 7.04. The Morgan fingerprint density at radius 3 is 2.45 bits per heavy atom. The second-order valence-electron chi connectivity index (χ2n) is 6.19. The molecule has 1 N–H and O–H groups in total. The molecule has 0 aromatic heterocycles. The molecule has 0 amide bonds. The zero-order chi connectivity index (χ0) is 15.3. The lowest BCUT2D eigenvalue weighted by Crippen LogP contribution is -2.40. The van der Waals surface area contributed by atoms with Crippen molar-refractivity contribution in [3.8, 4) is 0 Å². The van der Waals surface area contributed by atoms with Crippen molar-refractivity contribution in [3.05, 3.63) is 33.8 Å². The molecule has 0 radical (unpaired) electrons. The minimum atomic E-state index is -0.472. The van der Waals surface area contributed by atoms with Gasteiger partial charge in [0, 0.05) is 11.6 Å². The molecule has 0 fully saturated rings. The number of hydrogen-bond acceptors (Lipinski definition) is 1. The molecule has 0 aliphatic heterocycles. The second kappa shape index (κ2) is 7.51. The molecular weight excluding hydrogens is 324 g/mol. The van der Waals surface area contributed by atoms with E-state index in [2.05, 4.69) is 48.9 Å². The lowest BCUT2D eigenvalue weighted by atomic mass is 9.83. The van der Waals surface area contributed by atoms with Crippen molar-refractivity contribution in [2.75, 3.05) is 6.54 Å². The molecule has 0 aliphatic carbocycles. The fourth-order valence-electron chi connectivity index (χ4n) is 2.37. The van der Waals surface area contributed by atoms with E-state index >= 15 is 0 Å². The Labute approximate surface area is 129 Å². The molecule has 1 nitrogen and oxygen atoms in total. The highest BCUT2D eigenvalue weighted by Crippen LogP contribution is 2.26. The van der Waals surface area contributed by atoms with Crippen LogP contribution in [0, 0.1) is 17.0 Å². The van der Waals surface area contributed by atoms with Crippen molar-refractivity contribution < 1.29 is 8.78 Å². The van der Waals surface area contributed by atoms with Crippen molar-refractivity contribution in [2.24, 2.45) is 5.41 Å². The third-order valence-electron chi connectivity index (χ3n) is 3.55. The van der Waals surface area contributed by atoms with E-state index in [-0.39, 0.29) is 11.0 Å². The van der Waals surface area contributed by atoms with E-state index in [1.54, 1.807) is 0 Å². The maximum Gasteiger partial charge on any atom is 0.143 e. The van der Waals surface area contributed by atoms with Crippen LogP contribution in [0.4, 0.5) is 8.78 Å². The average molecular weight is 348 g/mol. The SMILES string of the molecule is CCNC(CCCc1c(F)ccc(Br)c1F)C(C)(C)C. The molecule has 0 saturated heterocycles. The van der Waals surface area contributed by atoms with E-state index in [9.17, 15) is 8.78 Å². The Balaban J connectivity index is 2.66. The van der Waals surface area contributed by atoms with Crippen LogP contribution in [0.15, 0.2) is 16.6 Å². The summed E-state index contributed by atoms with van der Waals surface area (Å²) in [6.45, 7) is 9.52. The largest absolute Gasteiger partial charge is 0.314 e. The third kappa shape index (κ3) is 4.81. The van der Waals surface area contributed by atoms with Crippen LogP contribution in [-0.4, -0.2) is 12.6 Å². The Morgan fingerprint density at radius 1 is 1.25 bits per heavy atom. The molecule has 1 aromatic rings. The molecule has 4 heteroatoms. The summed E-state index contributed by atoms with van der Waals surface area (Å²) in [5, 5.41) is 3.45. The molecule has 0 heterocycles. The maximum absolute atomic E-state index is 13.9. The van der Waals surface area contributed by atoms with E-state index < -0.39 is 11.6 Å².